The average molecular weight is 314 g/mol. The number of hydrogen-bond donors (Lipinski definition) is 2. The molecule has 0 aliphatic heterocycles. The van der Waals surface area contributed by atoms with Crippen LogP contribution in [-0.4, -0.2) is 17.9 Å². The van der Waals surface area contributed by atoms with Gasteiger partial charge in [0.15, 0.2) is 0 Å². The molecule has 0 saturated heterocycles. The van der Waals surface area contributed by atoms with Crippen LogP contribution in [0.25, 0.3) is 0 Å². The summed E-state index contributed by atoms with van der Waals surface area (Å²) in [7, 11) is 0. The Morgan fingerprint density at radius 2 is 1.74 bits per heavy atom. The molecule has 3 N–H and O–H groups in total. The van der Waals surface area contributed by atoms with Gasteiger partial charge in [-0.2, -0.15) is 0 Å². The SMILES string of the molecule is Cc1cccc(C)c1C[C@H](NC(=O)c1cccc(F)c1)C(N)=O. The molecular weight excluding hydrogens is 295 g/mol. The molecule has 0 aliphatic carbocycles. The van der Waals surface area contributed by atoms with E-state index >= 15 is 0 Å². The molecule has 120 valence electrons. The summed E-state index contributed by atoms with van der Waals surface area (Å²) >= 11 is 0. The van der Waals surface area contributed by atoms with Gasteiger partial charge in [-0.1, -0.05) is 24.3 Å². The molecule has 0 saturated carbocycles. The first-order valence-corrected chi connectivity index (χ1v) is 7.29. The number of nitrogens with two attached hydrogens (primary N) is 1. The van der Waals surface area contributed by atoms with Crippen molar-refractivity contribution in [2.45, 2.75) is 26.3 Å². The molecule has 0 aliphatic rings. The standard InChI is InChI=1S/C18H19FN2O2/c1-11-5-3-6-12(2)15(11)10-16(17(20)22)21-18(23)13-7-4-8-14(19)9-13/h3-9,16H,10H2,1-2H3,(H2,20,22)(H,21,23)/t16-/m0/s1. The highest BCUT2D eigenvalue weighted by atomic mass is 19.1. The number of rotatable bonds is 5. The minimum Gasteiger partial charge on any atom is -0.368 e. The summed E-state index contributed by atoms with van der Waals surface area (Å²) < 4.78 is 13.2. The number of halogens is 1. The van der Waals surface area contributed by atoms with Crippen molar-refractivity contribution in [2.75, 3.05) is 0 Å². The summed E-state index contributed by atoms with van der Waals surface area (Å²) in [6, 6.07) is 10.2. The van der Waals surface area contributed by atoms with Crippen LogP contribution in [0.3, 0.4) is 0 Å². The van der Waals surface area contributed by atoms with Crippen LogP contribution in [0, 0.1) is 19.7 Å². The lowest BCUT2D eigenvalue weighted by Crippen LogP contribution is -2.46. The Morgan fingerprint density at radius 3 is 2.30 bits per heavy atom. The van der Waals surface area contributed by atoms with Crippen LogP contribution in [0.4, 0.5) is 4.39 Å². The van der Waals surface area contributed by atoms with Crippen molar-refractivity contribution in [1.29, 1.82) is 0 Å². The maximum absolute atomic E-state index is 13.2. The van der Waals surface area contributed by atoms with Gasteiger partial charge in [-0.05, 0) is 48.7 Å². The number of amides is 2. The van der Waals surface area contributed by atoms with Gasteiger partial charge < -0.3 is 11.1 Å². The molecule has 2 aromatic carbocycles. The first-order valence-electron chi connectivity index (χ1n) is 7.29. The Kier molecular flexibility index (Phi) is 5.11. The average Bonchev–Trinajstić information content (AvgIpc) is 2.49. The summed E-state index contributed by atoms with van der Waals surface area (Å²) in [5.41, 5.74) is 8.58. The van der Waals surface area contributed by atoms with E-state index in [4.69, 9.17) is 5.73 Å². The van der Waals surface area contributed by atoms with E-state index in [2.05, 4.69) is 5.32 Å². The summed E-state index contributed by atoms with van der Waals surface area (Å²) in [5.74, 6) is -1.67. The fourth-order valence-corrected chi connectivity index (χ4v) is 2.47. The zero-order chi connectivity index (χ0) is 17.0. The van der Waals surface area contributed by atoms with Crippen LogP contribution >= 0.6 is 0 Å². The van der Waals surface area contributed by atoms with Gasteiger partial charge in [-0.25, -0.2) is 4.39 Å². The largest absolute Gasteiger partial charge is 0.368 e. The number of carbonyl (C=O) groups excluding carboxylic acids is 2. The third kappa shape index (κ3) is 4.16. The van der Waals surface area contributed by atoms with Crippen LogP contribution in [0.5, 0.6) is 0 Å². The summed E-state index contributed by atoms with van der Waals surface area (Å²) in [4.78, 5) is 23.9. The molecule has 0 aromatic heterocycles. The Balaban J connectivity index is 2.19. The van der Waals surface area contributed by atoms with E-state index in [9.17, 15) is 14.0 Å². The van der Waals surface area contributed by atoms with Gasteiger partial charge in [0.05, 0.1) is 0 Å². The van der Waals surface area contributed by atoms with Gasteiger partial charge in [0, 0.05) is 12.0 Å². The number of nitrogens with one attached hydrogen (secondary N) is 1. The van der Waals surface area contributed by atoms with Crippen LogP contribution < -0.4 is 11.1 Å². The van der Waals surface area contributed by atoms with Gasteiger partial charge in [-0.15, -0.1) is 0 Å². The molecule has 2 amide bonds. The molecule has 4 nitrogen and oxygen atoms in total. The van der Waals surface area contributed by atoms with Gasteiger partial charge in [-0.3, -0.25) is 9.59 Å². The minimum atomic E-state index is -0.856. The molecule has 0 bridgehead atoms. The molecule has 0 fully saturated rings. The smallest absolute Gasteiger partial charge is 0.252 e. The zero-order valence-electron chi connectivity index (χ0n) is 13.1. The molecule has 2 rings (SSSR count). The topological polar surface area (TPSA) is 72.2 Å². The van der Waals surface area contributed by atoms with Crippen LogP contribution in [0.2, 0.25) is 0 Å². The van der Waals surface area contributed by atoms with Crippen molar-refractivity contribution in [2.24, 2.45) is 5.73 Å². The third-order valence-corrected chi connectivity index (χ3v) is 3.79. The maximum atomic E-state index is 13.2. The van der Waals surface area contributed by atoms with E-state index in [1.54, 1.807) is 0 Å². The van der Waals surface area contributed by atoms with Crippen molar-refractivity contribution >= 4 is 11.8 Å². The molecule has 0 radical (unpaired) electrons. The fourth-order valence-electron chi connectivity index (χ4n) is 2.47. The highest BCUT2D eigenvalue weighted by Gasteiger charge is 2.21. The highest BCUT2D eigenvalue weighted by Crippen LogP contribution is 2.16. The van der Waals surface area contributed by atoms with Gasteiger partial charge >= 0.3 is 0 Å². The third-order valence-electron chi connectivity index (χ3n) is 3.79. The van der Waals surface area contributed by atoms with E-state index in [0.717, 1.165) is 22.8 Å². The van der Waals surface area contributed by atoms with Crippen molar-refractivity contribution < 1.29 is 14.0 Å². The number of hydrogen-bond acceptors (Lipinski definition) is 2. The Hall–Kier alpha value is -2.69. The monoisotopic (exact) mass is 314 g/mol. The van der Waals surface area contributed by atoms with Crippen LogP contribution in [0.1, 0.15) is 27.0 Å². The maximum Gasteiger partial charge on any atom is 0.252 e. The first-order chi connectivity index (χ1) is 10.9. The van der Waals surface area contributed by atoms with E-state index in [-0.39, 0.29) is 5.56 Å². The Morgan fingerprint density at radius 1 is 1.13 bits per heavy atom. The second-order valence-electron chi connectivity index (χ2n) is 5.51. The molecule has 23 heavy (non-hydrogen) atoms. The van der Waals surface area contributed by atoms with Crippen molar-refractivity contribution in [1.82, 2.24) is 5.32 Å². The molecule has 5 heteroatoms. The Labute approximate surface area is 134 Å². The lowest BCUT2D eigenvalue weighted by Gasteiger charge is -2.18. The van der Waals surface area contributed by atoms with Crippen molar-refractivity contribution in [3.63, 3.8) is 0 Å². The molecule has 0 spiro atoms. The van der Waals surface area contributed by atoms with Crippen LogP contribution in [0.15, 0.2) is 42.5 Å². The van der Waals surface area contributed by atoms with Crippen molar-refractivity contribution in [3.8, 4) is 0 Å². The highest BCUT2D eigenvalue weighted by molar-refractivity contribution is 5.97. The Bertz CT molecular complexity index is 723. The van der Waals surface area contributed by atoms with Crippen LogP contribution in [-0.2, 0) is 11.2 Å². The first kappa shape index (κ1) is 16.7. The number of benzene rings is 2. The van der Waals surface area contributed by atoms with Gasteiger partial charge in [0.1, 0.15) is 11.9 Å². The van der Waals surface area contributed by atoms with Crippen molar-refractivity contribution in [3.05, 3.63) is 70.5 Å². The van der Waals surface area contributed by atoms with E-state index in [1.165, 1.54) is 18.2 Å². The van der Waals surface area contributed by atoms with E-state index < -0.39 is 23.7 Å². The molecular formula is C18H19FN2O2. The minimum absolute atomic E-state index is 0.151. The number of carbonyl (C=O) groups is 2. The van der Waals surface area contributed by atoms with Gasteiger partial charge in [0.2, 0.25) is 5.91 Å². The predicted octanol–water partition coefficient (Wildman–Crippen LogP) is 2.27. The number of primary amides is 1. The summed E-state index contributed by atoms with van der Waals surface area (Å²) in [6.45, 7) is 3.88. The molecule has 2 aromatic rings. The molecule has 0 unspecified atom stereocenters. The number of aryl methyl sites for hydroxylation is 2. The van der Waals surface area contributed by atoms with E-state index in [1.807, 2.05) is 32.0 Å². The molecule has 1 atom stereocenters. The second-order valence-corrected chi connectivity index (χ2v) is 5.51. The normalized spacial score (nSPS) is 11.8. The predicted molar refractivity (Wildman–Crippen MR) is 86.5 cm³/mol. The van der Waals surface area contributed by atoms with E-state index in [0.29, 0.717) is 6.42 Å². The van der Waals surface area contributed by atoms with Gasteiger partial charge in [0.25, 0.3) is 5.91 Å². The quantitative estimate of drug-likeness (QED) is 0.888. The second kappa shape index (κ2) is 7.05. The lowest BCUT2D eigenvalue weighted by molar-refractivity contribution is -0.119. The lowest BCUT2D eigenvalue weighted by atomic mass is 9.96. The summed E-state index contributed by atoms with van der Waals surface area (Å²) in [6.07, 6.45) is 0.300. The zero-order valence-corrected chi connectivity index (χ0v) is 13.1. The molecule has 0 heterocycles. The fraction of sp³-hybridized carbons (Fsp3) is 0.222. The summed E-state index contributed by atoms with van der Waals surface area (Å²) in [5, 5.41) is 2.58.